The molecule has 9 nitrogen and oxygen atoms in total. The van der Waals surface area contributed by atoms with Gasteiger partial charge in [-0.05, 0) is 55.8 Å². The predicted octanol–water partition coefficient (Wildman–Crippen LogP) is 4.52. The highest BCUT2D eigenvalue weighted by atomic mass is 32.2. The van der Waals surface area contributed by atoms with E-state index in [1.807, 2.05) is 56.1 Å². The first-order valence-corrected chi connectivity index (χ1v) is 13.8. The summed E-state index contributed by atoms with van der Waals surface area (Å²) in [4.78, 5) is 25.8. The zero-order valence-electron chi connectivity index (χ0n) is 21.3. The number of carbonyl (C=O) groups is 1. The van der Waals surface area contributed by atoms with E-state index >= 15 is 0 Å². The monoisotopic (exact) mass is 530 g/mol. The molecule has 5 aromatic rings. The van der Waals surface area contributed by atoms with E-state index in [1.165, 1.54) is 12.1 Å². The first-order valence-electron chi connectivity index (χ1n) is 11.9. The number of rotatable bonds is 6. The first-order chi connectivity index (χ1) is 18.0. The molecule has 2 N–H and O–H groups in total. The molecule has 0 aliphatic rings. The average Bonchev–Trinajstić information content (AvgIpc) is 3.22. The molecule has 0 aliphatic carbocycles. The highest BCUT2D eigenvalue weighted by Crippen LogP contribution is 2.32. The van der Waals surface area contributed by atoms with E-state index in [4.69, 9.17) is 4.42 Å². The van der Waals surface area contributed by atoms with Crippen LogP contribution in [0.1, 0.15) is 34.5 Å². The smallest absolute Gasteiger partial charge is 0.266 e. The SMILES string of the molecule is Cc1cc([C@@H](C)Nc2ccccc2C(=O)NS(C)(=O)=O)c2oc(-c3ccc4nn(C)cc4c3)cc(=O)c2c1. The van der Waals surface area contributed by atoms with Crippen LogP contribution in [0.4, 0.5) is 5.69 Å². The molecule has 5 rings (SSSR count). The zero-order chi connectivity index (χ0) is 27.2. The Hall–Kier alpha value is -4.44. The van der Waals surface area contributed by atoms with Crippen LogP contribution >= 0.6 is 0 Å². The molecule has 0 unspecified atom stereocenters. The van der Waals surface area contributed by atoms with Crippen LogP contribution in [-0.4, -0.2) is 30.4 Å². The Balaban J connectivity index is 1.58. The average molecular weight is 531 g/mol. The highest BCUT2D eigenvalue weighted by molar-refractivity contribution is 7.89. The van der Waals surface area contributed by atoms with E-state index < -0.39 is 22.0 Å². The number of nitrogens with one attached hydrogen (secondary N) is 2. The van der Waals surface area contributed by atoms with Crippen molar-refractivity contribution in [2.75, 3.05) is 11.6 Å². The Morgan fingerprint density at radius 3 is 2.61 bits per heavy atom. The van der Waals surface area contributed by atoms with Gasteiger partial charge in [0.15, 0.2) is 5.43 Å². The fourth-order valence-corrected chi connectivity index (χ4v) is 4.99. The fourth-order valence-electron chi connectivity index (χ4n) is 4.54. The van der Waals surface area contributed by atoms with E-state index in [9.17, 15) is 18.0 Å². The number of para-hydroxylation sites is 1. The minimum absolute atomic E-state index is 0.169. The second kappa shape index (κ2) is 9.46. The number of aromatic nitrogens is 2. The normalized spacial score (nSPS) is 12.5. The minimum atomic E-state index is -3.73. The third-order valence-electron chi connectivity index (χ3n) is 6.19. The predicted molar refractivity (Wildman–Crippen MR) is 148 cm³/mol. The van der Waals surface area contributed by atoms with E-state index in [2.05, 4.69) is 10.4 Å². The van der Waals surface area contributed by atoms with Crippen LogP contribution in [0.2, 0.25) is 0 Å². The van der Waals surface area contributed by atoms with Crippen LogP contribution in [0.25, 0.3) is 33.2 Å². The van der Waals surface area contributed by atoms with Crippen molar-refractivity contribution in [2.24, 2.45) is 7.05 Å². The van der Waals surface area contributed by atoms with Gasteiger partial charge in [0.2, 0.25) is 10.0 Å². The van der Waals surface area contributed by atoms with Crippen molar-refractivity contribution in [3.8, 4) is 11.3 Å². The largest absolute Gasteiger partial charge is 0.455 e. The van der Waals surface area contributed by atoms with Crippen molar-refractivity contribution < 1.29 is 17.6 Å². The lowest BCUT2D eigenvalue weighted by Crippen LogP contribution is -2.30. The number of carbonyl (C=O) groups excluding carboxylic acids is 1. The maximum absolute atomic E-state index is 13.2. The lowest BCUT2D eigenvalue weighted by molar-refractivity contribution is 0.0982. The lowest BCUT2D eigenvalue weighted by Gasteiger charge is -2.20. The summed E-state index contributed by atoms with van der Waals surface area (Å²) in [5, 5.41) is 9.06. The zero-order valence-corrected chi connectivity index (χ0v) is 22.1. The van der Waals surface area contributed by atoms with Crippen molar-refractivity contribution in [3.05, 3.63) is 93.8 Å². The van der Waals surface area contributed by atoms with Crippen molar-refractivity contribution in [1.82, 2.24) is 14.5 Å². The van der Waals surface area contributed by atoms with Crippen LogP contribution in [0.3, 0.4) is 0 Å². The van der Waals surface area contributed by atoms with Gasteiger partial charge in [-0.15, -0.1) is 0 Å². The molecule has 38 heavy (non-hydrogen) atoms. The summed E-state index contributed by atoms with van der Waals surface area (Å²) in [5.74, 6) is -0.310. The van der Waals surface area contributed by atoms with Gasteiger partial charge in [0.25, 0.3) is 5.91 Å². The maximum atomic E-state index is 13.2. The van der Waals surface area contributed by atoms with Gasteiger partial charge in [-0.25, -0.2) is 13.1 Å². The molecule has 10 heteroatoms. The molecule has 0 fully saturated rings. The summed E-state index contributed by atoms with van der Waals surface area (Å²) in [5.41, 5.74) is 4.07. The molecule has 0 aliphatic heterocycles. The summed E-state index contributed by atoms with van der Waals surface area (Å²) in [7, 11) is -1.89. The van der Waals surface area contributed by atoms with Gasteiger partial charge in [0, 0.05) is 41.5 Å². The highest BCUT2D eigenvalue weighted by Gasteiger charge is 2.20. The van der Waals surface area contributed by atoms with Crippen LogP contribution in [0.15, 0.2) is 76.1 Å². The molecule has 194 valence electrons. The van der Waals surface area contributed by atoms with E-state index in [0.717, 1.165) is 33.8 Å². The standard InChI is InChI=1S/C28H26N4O5S/c1-16-11-21(17(2)29-24-8-6-5-7-20(24)28(34)31-38(4,35)36)27-22(12-16)25(33)14-26(37-27)18-9-10-23-19(13-18)15-32(3)30-23/h5-15,17,29H,1-4H3,(H,31,34)/t17-/m1/s1. The Morgan fingerprint density at radius 1 is 1.08 bits per heavy atom. The molecule has 0 saturated heterocycles. The third kappa shape index (κ3) is 5.03. The Labute approximate surface area is 219 Å². The second-order valence-corrected chi connectivity index (χ2v) is 11.1. The topological polar surface area (TPSA) is 123 Å². The lowest BCUT2D eigenvalue weighted by atomic mass is 10.00. The summed E-state index contributed by atoms with van der Waals surface area (Å²) in [6.45, 7) is 3.78. The summed E-state index contributed by atoms with van der Waals surface area (Å²) in [6, 6.07) is 17.1. The number of hydrogen-bond donors (Lipinski definition) is 2. The van der Waals surface area contributed by atoms with Crippen molar-refractivity contribution in [1.29, 1.82) is 0 Å². The number of sulfonamides is 1. The number of hydrogen-bond acceptors (Lipinski definition) is 7. The number of amides is 1. The van der Waals surface area contributed by atoms with Gasteiger partial charge in [-0.2, -0.15) is 5.10 Å². The molecule has 1 atom stereocenters. The van der Waals surface area contributed by atoms with Crippen molar-refractivity contribution >= 4 is 43.5 Å². The van der Waals surface area contributed by atoms with Crippen LogP contribution in [0, 0.1) is 6.92 Å². The van der Waals surface area contributed by atoms with Gasteiger partial charge in [0.1, 0.15) is 11.3 Å². The Bertz CT molecular complexity index is 1890. The van der Waals surface area contributed by atoms with Gasteiger partial charge in [0.05, 0.1) is 28.8 Å². The van der Waals surface area contributed by atoms with Gasteiger partial charge < -0.3 is 9.73 Å². The molecular weight excluding hydrogens is 504 g/mol. The molecule has 2 aromatic heterocycles. The summed E-state index contributed by atoms with van der Waals surface area (Å²) in [6.07, 6.45) is 2.82. The Morgan fingerprint density at radius 2 is 1.84 bits per heavy atom. The second-order valence-electron chi connectivity index (χ2n) is 9.40. The van der Waals surface area contributed by atoms with E-state index in [0.29, 0.717) is 22.4 Å². The molecule has 3 aromatic carbocycles. The number of anilines is 1. The molecule has 0 radical (unpaired) electrons. The molecule has 0 spiro atoms. The number of fused-ring (bicyclic) bond motifs is 2. The Kier molecular flexibility index (Phi) is 6.28. The molecule has 0 bridgehead atoms. The van der Waals surface area contributed by atoms with E-state index in [1.54, 1.807) is 28.9 Å². The molecule has 1 amide bonds. The van der Waals surface area contributed by atoms with Gasteiger partial charge in [-0.3, -0.25) is 14.3 Å². The van der Waals surface area contributed by atoms with Crippen molar-refractivity contribution in [2.45, 2.75) is 19.9 Å². The fraction of sp³-hybridized carbons (Fsp3) is 0.179. The van der Waals surface area contributed by atoms with Gasteiger partial charge >= 0.3 is 0 Å². The number of nitrogens with zero attached hydrogens (tertiary/aromatic N) is 2. The third-order valence-corrected chi connectivity index (χ3v) is 6.75. The first kappa shape index (κ1) is 25.2. The number of aryl methyl sites for hydroxylation is 2. The van der Waals surface area contributed by atoms with Crippen LogP contribution in [0.5, 0.6) is 0 Å². The molecule has 2 heterocycles. The van der Waals surface area contributed by atoms with E-state index in [-0.39, 0.29) is 11.0 Å². The van der Waals surface area contributed by atoms with Crippen LogP contribution < -0.4 is 15.5 Å². The molecular formula is C28H26N4O5S. The summed E-state index contributed by atoms with van der Waals surface area (Å²) < 4.78 is 33.3. The minimum Gasteiger partial charge on any atom is -0.455 e. The summed E-state index contributed by atoms with van der Waals surface area (Å²) >= 11 is 0. The quantitative estimate of drug-likeness (QED) is 0.331. The van der Waals surface area contributed by atoms with Crippen molar-refractivity contribution in [3.63, 3.8) is 0 Å². The molecule has 0 saturated carbocycles. The maximum Gasteiger partial charge on any atom is 0.266 e. The number of benzene rings is 3. The van der Waals surface area contributed by atoms with Gasteiger partial charge in [-0.1, -0.05) is 18.2 Å². The van der Waals surface area contributed by atoms with Crippen LogP contribution in [-0.2, 0) is 17.1 Å².